The third-order valence-electron chi connectivity index (χ3n) is 3.83. The predicted octanol–water partition coefficient (Wildman–Crippen LogP) is 2.73. The summed E-state index contributed by atoms with van der Waals surface area (Å²) in [7, 11) is 1.30. The number of carbonyl (C=O) groups is 2. The van der Waals surface area contributed by atoms with Crippen LogP contribution >= 0.6 is 11.6 Å². The second-order valence-electron chi connectivity index (χ2n) is 5.36. The van der Waals surface area contributed by atoms with Crippen LogP contribution in [0.4, 0.5) is 5.69 Å². The molecular formula is C15H19ClN2O3. The summed E-state index contributed by atoms with van der Waals surface area (Å²) in [4.78, 5) is 23.9. The fourth-order valence-corrected chi connectivity index (χ4v) is 2.69. The average Bonchev–Trinajstić information content (AvgIpc) is 2.49. The van der Waals surface area contributed by atoms with Crippen molar-refractivity contribution in [3.8, 4) is 0 Å². The number of hydrogen-bond donors (Lipinski definition) is 2. The highest BCUT2D eigenvalue weighted by Crippen LogP contribution is 2.29. The van der Waals surface area contributed by atoms with Crippen LogP contribution < -0.4 is 11.1 Å². The SMILES string of the molecule is COC(=O)c1ccc(Cl)c(NC(=O)C2(N)CCCCC2)c1. The molecule has 3 N–H and O–H groups in total. The van der Waals surface area contributed by atoms with Crippen LogP contribution in [0.25, 0.3) is 0 Å². The van der Waals surface area contributed by atoms with Crippen molar-refractivity contribution in [1.82, 2.24) is 0 Å². The quantitative estimate of drug-likeness (QED) is 0.841. The molecule has 0 aliphatic heterocycles. The van der Waals surface area contributed by atoms with Crippen LogP contribution in [-0.2, 0) is 9.53 Å². The molecule has 1 fully saturated rings. The highest BCUT2D eigenvalue weighted by atomic mass is 35.5. The topological polar surface area (TPSA) is 81.4 Å². The number of rotatable bonds is 3. The lowest BCUT2D eigenvalue weighted by molar-refractivity contribution is -0.122. The molecule has 114 valence electrons. The lowest BCUT2D eigenvalue weighted by Gasteiger charge is -2.31. The summed E-state index contributed by atoms with van der Waals surface area (Å²) in [5, 5.41) is 3.09. The minimum absolute atomic E-state index is 0.258. The molecule has 0 spiro atoms. The molecule has 0 radical (unpaired) electrons. The standard InChI is InChI=1S/C15H19ClN2O3/c1-21-13(19)10-5-6-11(16)12(9-10)18-14(20)15(17)7-3-2-4-8-15/h5-6,9H,2-4,7-8,17H2,1H3,(H,18,20). The van der Waals surface area contributed by atoms with Crippen LogP contribution in [0.5, 0.6) is 0 Å². The normalized spacial score (nSPS) is 17.1. The van der Waals surface area contributed by atoms with Crippen molar-refractivity contribution >= 4 is 29.2 Å². The van der Waals surface area contributed by atoms with Gasteiger partial charge in [-0.15, -0.1) is 0 Å². The molecular weight excluding hydrogens is 292 g/mol. The van der Waals surface area contributed by atoms with E-state index in [4.69, 9.17) is 17.3 Å². The summed E-state index contributed by atoms with van der Waals surface area (Å²) in [6, 6.07) is 4.59. The number of anilines is 1. The smallest absolute Gasteiger partial charge is 0.337 e. The van der Waals surface area contributed by atoms with Gasteiger partial charge in [0, 0.05) is 0 Å². The number of nitrogens with one attached hydrogen (secondary N) is 1. The molecule has 1 aliphatic rings. The van der Waals surface area contributed by atoms with Gasteiger partial charge in [0.15, 0.2) is 0 Å². The van der Waals surface area contributed by atoms with E-state index in [-0.39, 0.29) is 5.91 Å². The summed E-state index contributed by atoms with van der Waals surface area (Å²) in [6.07, 6.45) is 4.31. The number of benzene rings is 1. The van der Waals surface area contributed by atoms with E-state index in [0.29, 0.717) is 29.1 Å². The van der Waals surface area contributed by atoms with Crippen LogP contribution in [-0.4, -0.2) is 24.5 Å². The highest BCUT2D eigenvalue weighted by Gasteiger charge is 2.35. The van der Waals surface area contributed by atoms with Gasteiger partial charge in [0.2, 0.25) is 5.91 Å². The van der Waals surface area contributed by atoms with E-state index >= 15 is 0 Å². The molecule has 0 heterocycles. The monoisotopic (exact) mass is 310 g/mol. The molecule has 1 saturated carbocycles. The summed E-state index contributed by atoms with van der Waals surface area (Å²) in [5.74, 6) is -0.742. The van der Waals surface area contributed by atoms with Crippen LogP contribution in [0, 0.1) is 0 Å². The van der Waals surface area contributed by atoms with E-state index in [1.54, 1.807) is 12.1 Å². The first-order valence-electron chi connectivity index (χ1n) is 6.94. The molecule has 1 aliphatic carbocycles. The van der Waals surface area contributed by atoms with Crippen LogP contribution in [0.1, 0.15) is 42.5 Å². The van der Waals surface area contributed by atoms with Gasteiger partial charge in [0.1, 0.15) is 0 Å². The van der Waals surface area contributed by atoms with E-state index in [2.05, 4.69) is 10.1 Å². The Bertz CT molecular complexity index is 554. The Morgan fingerprint density at radius 2 is 1.95 bits per heavy atom. The zero-order valence-corrected chi connectivity index (χ0v) is 12.7. The van der Waals surface area contributed by atoms with Crippen molar-refractivity contribution in [1.29, 1.82) is 0 Å². The molecule has 21 heavy (non-hydrogen) atoms. The Hall–Kier alpha value is -1.59. The molecule has 1 aromatic carbocycles. The third kappa shape index (κ3) is 3.54. The molecule has 1 amide bonds. The number of carbonyl (C=O) groups excluding carboxylic acids is 2. The van der Waals surface area contributed by atoms with Gasteiger partial charge in [-0.1, -0.05) is 30.9 Å². The maximum atomic E-state index is 12.4. The largest absolute Gasteiger partial charge is 0.465 e. The fourth-order valence-electron chi connectivity index (χ4n) is 2.52. The van der Waals surface area contributed by atoms with Gasteiger partial charge in [-0.2, -0.15) is 0 Å². The molecule has 6 heteroatoms. The van der Waals surface area contributed by atoms with Crippen LogP contribution in [0.15, 0.2) is 18.2 Å². The molecule has 0 saturated heterocycles. The lowest BCUT2D eigenvalue weighted by atomic mass is 9.82. The Morgan fingerprint density at radius 3 is 2.57 bits per heavy atom. The average molecular weight is 311 g/mol. The number of amides is 1. The van der Waals surface area contributed by atoms with E-state index in [0.717, 1.165) is 19.3 Å². The minimum Gasteiger partial charge on any atom is -0.465 e. The third-order valence-corrected chi connectivity index (χ3v) is 4.16. The van der Waals surface area contributed by atoms with E-state index in [9.17, 15) is 9.59 Å². The molecule has 0 atom stereocenters. The summed E-state index contributed by atoms with van der Waals surface area (Å²) >= 11 is 6.06. The van der Waals surface area contributed by atoms with Gasteiger partial charge in [-0.3, -0.25) is 4.79 Å². The Morgan fingerprint density at radius 1 is 1.29 bits per heavy atom. The van der Waals surface area contributed by atoms with Crippen molar-refractivity contribution in [2.45, 2.75) is 37.6 Å². The Kier molecular flexibility index (Phi) is 4.85. The number of halogens is 1. The fraction of sp³-hybridized carbons (Fsp3) is 0.467. The van der Waals surface area contributed by atoms with Crippen molar-refractivity contribution in [3.05, 3.63) is 28.8 Å². The van der Waals surface area contributed by atoms with Gasteiger partial charge in [0.05, 0.1) is 28.9 Å². The number of nitrogens with two attached hydrogens (primary N) is 1. The van der Waals surface area contributed by atoms with Gasteiger partial charge < -0.3 is 15.8 Å². The van der Waals surface area contributed by atoms with Crippen molar-refractivity contribution < 1.29 is 14.3 Å². The Labute approximate surface area is 128 Å². The molecule has 0 unspecified atom stereocenters. The number of ether oxygens (including phenoxy) is 1. The van der Waals surface area contributed by atoms with Crippen molar-refractivity contribution in [2.24, 2.45) is 5.73 Å². The van der Waals surface area contributed by atoms with Crippen LogP contribution in [0.3, 0.4) is 0 Å². The lowest BCUT2D eigenvalue weighted by Crippen LogP contribution is -2.52. The first-order chi connectivity index (χ1) is 9.96. The minimum atomic E-state index is -0.858. The molecule has 1 aromatic rings. The zero-order chi connectivity index (χ0) is 15.5. The van der Waals surface area contributed by atoms with Gasteiger partial charge >= 0.3 is 5.97 Å². The van der Waals surface area contributed by atoms with E-state index in [1.807, 2.05) is 0 Å². The van der Waals surface area contributed by atoms with Crippen LogP contribution in [0.2, 0.25) is 5.02 Å². The molecule has 0 aromatic heterocycles. The van der Waals surface area contributed by atoms with Crippen molar-refractivity contribution in [3.63, 3.8) is 0 Å². The summed E-state index contributed by atoms with van der Waals surface area (Å²) in [6.45, 7) is 0. The molecule has 5 nitrogen and oxygen atoms in total. The molecule has 2 rings (SSSR count). The van der Waals surface area contributed by atoms with Crippen molar-refractivity contribution in [2.75, 3.05) is 12.4 Å². The Balaban J connectivity index is 2.18. The maximum absolute atomic E-state index is 12.4. The predicted molar refractivity (Wildman–Crippen MR) is 81.4 cm³/mol. The van der Waals surface area contributed by atoms with Gasteiger partial charge in [-0.05, 0) is 31.0 Å². The zero-order valence-electron chi connectivity index (χ0n) is 11.9. The second-order valence-corrected chi connectivity index (χ2v) is 5.76. The second kappa shape index (κ2) is 6.45. The first kappa shape index (κ1) is 15.8. The first-order valence-corrected chi connectivity index (χ1v) is 7.32. The number of methoxy groups -OCH3 is 1. The summed E-state index contributed by atoms with van der Waals surface area (Å²) < 4.78 is 4.65. The highest BCUT2D eigenvalue weighted by molar-refractivity contribution is 6.34. The van der Waals surface area contributed by atoms with Gasteiger partial charge in [-0.25, -0.2) is 4.79 Å². The molecule has 0 bridgehead atoms. The van der Waals surface area contributed by atoms with E-state index in [1.165, 1.54) is 13.2 Å². The number of hydrogen-bond acceptors (Lipinski definition) is 4. The maximum Gasteiger partial charge on any atom is 0.337 e. The number of esters is 1. The van der Waals surface area contributed by atoms with Gasteiger partial charge in [0.25, 0.3) is 0 Å². The van der Waals surface area contributed by atoms with E-state index < -0.39 is 11.5 Å². The summed E-state index contributed by atoms with van der Waals surface area (Å²) in [5.41, 5.74) is 6.02.